The average molecular weight is 390 g/mol. The summed E-state index contributed by atoms with van der Waals surface area (Å²) >= 11 is 0. The van der Waals surface area contributed by atoms with Crippen LogP contribution in [0.2, 0.25) is 0 Å². The zero-order valence-corrected chi connectivity index (χ0v) is 17.7. The van der Waals surface area contributed by atoms with Gasteiger partial charge in [0.05, 0.1) is 0 Å². The Hall–Kier alpha value is -1.89. The van der Waals surface area contributed by atoms with Gasteiger partial charge in [-0.15, -0.1) is 0 Å². The number of amides is 2. The van der Waals surface area contributed by atoms with Crippen molar-refractivity contribution in [2.45, 2.75) is 52.0 Å². The van der Waals surface area contributed by atoms with Crippen LogP contribution in [-0.2, 0) is 16.1 Å². The maximum absolute atomic E-state index is 12.8. The minimum Gasteiger partial charge on any atom is -0.342 e. The molecule has 0 unspecified atom stereocenters. The molecule has 1 aromatic heterocycles. The van der Waals surface area contributed by atoms with Crippen molar-refractivity contribution in [2.75, 3.05) is 46.8 Å². The van der Waals surface area contributed by atoms with Gasteiger partial charge >= 0.3 is 0 Å². The van der Waals surface area contributed by atoms with E-state index in [2.05, 4.69) is 19.4 Å². The van der Waals surface area contributed by atoms with E-state index in [-0.39, 0.29) is 17.2 Å². The van der Waals surface area contributed by atoms with Gasteiger partial charge < -0.3 is 19.3 Å². The van der Waals surface area contributed by atoms with E-state index < -0.39 is 0 Å². The summed E-state index contributed by atoms with van der Waals surface area (Å²) in [7, 11) is 4.08. The number of likely N-dealkylation sites (tertiary alicyclic amines) is 2. The highest BCUT2D eigenvalue weighted by atomic mass is 16.2. The lowest BCUT2D eigenvalue weighted by Gasteiger charge is -2.48. The van der Waals surface area contributed by atoms with E-state index in [1.54, 1.807) is 6.20 Å². The molecule has 0 N–H and O–H groups in total. The summed E-state index contributed by atoms with van der Waals surface area (Å²) in [5, 5.41) is 0. The molecule has 2 aliphatic rings. The first-order chi connectivity index (χ1) is 13.4. The molecule has 0 radical (unpaired) electrons. The molecule has 0 bridgehead atoms. The topological polar surface area (TPSA) is 61.7 Å². The van der Waals surface area contributed by atoms with E-state index in [0.29, 0.717) is 12.8 Å². The average Bonchev–Trinajstić information content (AvgIpc) is 3.07. The van der Waals surface area contributed by atoms with Crippen molar-refractivity contribution >= 4 is 11.8 Å². The van der Waals surface area contributed by atoms with Gasteiger partial charge in [-0.1, -0.05) is 0 Å². The quantitative estimate of drug-likeness (QED) is 0.713. The maximum atomic E-state index is 12.8. The Morgan fingerprint density at radius 1 is 1.25 bits per heavy atom. The van der Waals surface area contributed by atoms with Crippen molar-refractivity contribution in [3.8, 4) is 0 Å². The Morgan fingerprint density at radius 3 is 2.79 bits per heavy atom. The van der Waals surface area contributed by atoms with Gasteiger partial charge in [0.2, 0.25) is 11.8 Å². The third kappa shape index (κ3) is 5.13. The highest BCUT2D eigenvalue weighted by molar-refractivity contribution is 5.78. The number of imidazole rings is 1. The zero-order chi connectivity index (χ0) is 20.1. The third-order valence-electron chi connectivity index (χ3n) is 6.29. The molecule has 2 fully saturated rings. The van der Waals surface area contributed by atoms with Crippen LogP contribution in [0.5, 0.6) is 0 Å². The molecule has 2 amide bonds. The summed E-state index contributed by atoms with van der Waals surface area (Å²) in [6.07, 6.45) is 8.90. The predicted octanol–water partition coefficient (Wildman–Crippen LogP) is 1.76. The molecule has 156 valence electrons. The lowest BCUT2D eigenvalue weighted by molar-refractivity contribution is -0.143. The Kier molecular flexibility index (Phi) is 6.75. The highest BCUT2D eigenvalue weighted by Crippen LogP contribution is 2.39. The predicted molar refractivity (Wildman–Crippen MR) is 109 cm³/mol. The van der Waals surface area contributed by atoms with Crippen LogP contribution >= 0.6 is 0 Å². The molecule has 2 saturated heterocycles. The molecular formula is C21H35N5O2. The van der Waals surface area contributed by atoms with Crippen molar-refractivity contribution < 1.29 is 9.59 Å². The molecule has 1 atom stereocenters. The number of aryl methyl sites for hydroxylation is 2. The van der Waals surface area contributed by atoms with Gasteiger partial charge in [0.1, 0.15) is 5.82 Å². The fourth-order valence-electron chi connectivity index (χ4n) is 4.58. The summed E-state index contributed by atoms with van der Waals surface area (Å²) in [6, 6.07) is 0. The number of hydrogen-bond donors (Lipinski definition) is 0. The van der Waals surface area contributed by atoms with Crippen molar-refractivity contribution in [1.29, 1.82) is 0 Å². The SMILES string of the molecule is Cc1nccn1CCCC(=O)N1CCC[C@]2(CCC(=O)N(CCN(C)C)C2)C1. The molecule has 3 heterocycles. The van der Waals surface area contributed by atoms with Crippen LogP contribution in [-0.4, -0.2) is 82.9 Å². The molecule has 7 heteroatoms. The Labute approximate surface area is 168 Å². The van der Waals surface area contributed by atoms with E-state index in [1.807, 2.05) is 32.1 Å². The molecule has 0 saturated carbocycles. The number of carbonyl (C=O) groups is 2. The van der Waals surface area contributed by atoms with E-state index in [1.165, 1.54) is 0 Å². The van der Waals surface area contributed by atoms with Gasteiger partial charge in [-0.05, 0) is 46.7 Å². The number of hydrogen-bond acceptors (Lipinski definition) is 4. The van der Waals surface area contributed by atoms with Crippen molar-refractivity contribution in [1.82, 2.24) is 24.3 Å². The summed E-state index contributed by atoms with van der Waals surface area (Å²) in [4.78, 5) is 35.6. The Bertz CT molecular complexity index is 686. The number of likely N-dealkylation sites (N-methyl/N-ethyl adjacent to an activating group) is 1. The monoisotopic (exact) mass is 389 g/mol. The third-order valence-corrected chi connectivity index (χ3v) is 6.29. The lowest BCUT2D eigenvalue weighted by atomic mass is 9.73. The second-order valence-corrected chi connectivity index (χ2v) is 8.81. The molecule has 0 aromatic carbocycles. The molecule has 0 aliphatic carbocycles. The smallest absolute Gasteiger partial charge is 0.222 e. The van der Waals surface area contributed by atoms with E-state index >= 15 is 0 Å². The highest BCUT2D eigenvalue weighted by Gasteiger charge is 2.42. The van der Waals surface area contributed by atoms with Crippen LogP contribution in [0.25, 0.3) is 0 Å². The minimum absolute atomic E-state index is 0.0923. The summed E-state index contributed by atoms with van der Waals surface area (Å²) < 4.78 is 2.10. The van der Waals surface area contributed by atoms with Crippen LogP contribution in [0.1, 0.15) is 44.3 Å². The minimum atomic E-state index is 0.0923. The molecule has 28 heavy (non-hydrogen) atoms. The van der Waals surface area contributed by atoms with E-state index in [9.17, 15) is 9.59 Å². The fourth-order valence-corrected chi connectivity index (χ4v) is 4.58. The number of rotatable bonds is 7. The molecule has 7 nitrogen and oxygen atoms in total. The summed E-state index contributed by atoms with van der Waals surface area (Å²) in [5.41, 5.74) is 0.0923. The van der Waals surface area contributed by atoms with Crippen molar-refractivity contribution in [3.05, 3.63) is 18.2 Å². The summed E-state index contributed by atoms with van der Waals surface area (Å²) in [6.45, 7) is 6.96. The number of carbonyl (C=O) groups excluding carboxylic acids is 2. The van der Waals surface area contributed by atoms with Gasteiger partial charge in [0.25, 0.3) is 0 Å². The molecular weight excluding hydrogens is 354 g/mol. The molecule has 1 spiro atoms. The number of piperidine rings is 2. The normalized spacial score (nSPS) is 23.1. The second kappa shape index (κ2) is 9.07. The van der Waals surface area contributed by atoms with E-state index in [0.717, 1.165) is 70.8 Å². The van der Waals surface area contributed by atoms with Crippen molar-refractivity contribution in [3.63, 3.8) is 0 Å². The molecule has 2 aliphatic heterocycles. The first kappa shape index (κ1) is 20.8. The standard InChI is InChI=1S/C21H35N5O2/c1-18-22-10-13-24(18)11-4-6-19(27)25-12-5-8-21(16-25)9-7-20(28)26(17-21)15-14-23(2)3/h10,13H,4-9,11-12,14-17H2,1-3H3/t21-/m0/s1. The van der Waals surface area contributed by atoms with Gasteiger partial charge in [-0.25, -0.2) is 4.98 Å². The van der Waals surface area contributed by atoms with E-state index in [4.69, 9.17) is 0 Å². The van der Waals surface area contributed by atoms with Gasteiger partial charge in [0.15, 0.2) is 0 Å². The van der Waals surface area contributed by atoms with Crippen LogP contribution < -0.4 is 0 Å². The van der Waals surface area contributed by atoms with Gasteiger partial charge in [0, 0.05) is 69.9 Å². The Morgan fingerprint density at radius 2 is 2.07 bits per heavy atom. The zero-order valence-electron chi connectivity index (χ0n) is 17.7. The Balaban J connectivity index is 1.52. The molecule has 1 aromatic rings. The number of nitrogens with zero attached hydrogens (tertiary/aromatic N) is 5. The van der Waals surface area contributed by atoms with Crippen LogP contribution in [0.3, 0.4) is 0 Å². The van der Waals surface area contributed by atoms with Crippen LogP contribution in [0.15, 0.2) is 12.4 Å². The largest absolute Gasteiger partial charge is 0.342 e. The maximum Gasteiger partial charge on any atom is 0.222 e. The second-order valence-electron chi connectivity index (χ2n) is 8.81. The fraction of sp³-hybridized carbons (Fsp3) is 0.762. The summed E-state index contributed by atoms with van der Waals surface area (Å²) in [5.74, 6) is 1.52. The molecule has 3 rings (SSSR count). The van der Waals surface area contributed by atoms with Gasteiger partial charge in [-0.2, -0.15) is 0 Å². The first-order valence-electron chi connectivity index (χ1n) is 10.6. The van der Waals surface area contributed by atoms with Crippen molar-refractivity contribution in [2.24, 2.45) is 5.41 Å². The van der Waals surface area contributed by atoms with Crippen LogP contribution in [0.4, 0.5) is 0 Å². The van der Waals surface area contributed by atoms with Gasteiger partial charge in [-0.3, -0.25) is 9.59 Å². The first-order valence-corrected chi connectivity index (χ1v) is 10.6. The lowest BCUT2D eigenvalue weighted by Crippen LogP contribution is -2.55. The van der Waals surface area contributed by atoms with Crippen LogP contribution in [0, 0.1) is 12.3 Å². The number of aromatic nitrogens is 2.